The summed E-state index contributed by atoms with van der Waals surface area (Å²) in [7, 11) is 1.75. The van der Waals surface area contributed by atoms with Gasteiger partial charge >= 0.3 is 0 Å². The molecule has 0 atom stereocenters. The van der Waals surface area contributed by atoms with Crippen LogP contribution in [-0.2, 0) is 6.54 Å². The van der Waals surface area contributed by atoms with E-state index in [0.29, 0.717) is 12.1 Å². The number of hydrogen-bond acceptors (Lipinski definition) is 4. The fourth-order valence-electron chi connectivity index (χ4n) is 4.49. The fraction of sp³-hybridized carbons (Fsp3) is 0.400. The van der Waals surface area contributed by atoms with Crippen molar-refractivity contribution in [1.82, 2.24) is 24.6 Å². The second kappa shape index (κ2) is 11.7. The van der Waals surface area contributed by atoms with E-state index in [1.807, 2.05) is 68.0 Å². The molecule has 1 aromatic carbocycles. The lowest BCUT2D eigenvalue weighted by Crippen LogP contribution is -2.39. The van der Waals surface area contributed by atoms with Crippen molar-refractivity contribution >= 4 is 30.7 Å². The van der Waals surface area contributed by atoms with Crippen LogP contribution in [-0.4, -0.2) is 45.3 Å². The van der Waals surface area contributed by atoms with Crippen LogP contribution in [0.2, 0.25) is 0 Å². The van der Waals surface area contributed by atoms with Gasteiger partial charge < -0.3 is 14.8 Å². The van der Waals surface area contributed by atoms with Crippen molar-refractivity contribution in [3.05, 3.63) is 81.0 Å². The van der Waals surface area contributed by atoms with Gasteiger partial charge in [0.05, 0.1) is 11.4 Å². The van der Waals surface area contributed by atoms with Crippen LogP contribution in [0.3, 0.4) is 0 Å². The quantitative estimate of drug-likeness (QED) is 0.568. The molecule has 0 bridgehead atoms. The third-order valence-electron chi connectivity index (χ3n) is 6.17. The highest BCUT2D eigenvalue weighted by molar-refractivity contribution is 5.95. The first-order chi connectivity index (χ1) is 15.3. The molecule has 1 amide bonds. The van der Waals surface area contributed by atoms with Crippen molar-refractivity contribution in [2.75, 3.05) is 20.1 Å². The van der Waals surface area contributed by atoms with Crippen molar-refractivity contribution in [2.24, 2.45) is 0 Å². The van der Waals surface area contributed by atoms with Gasteiger partial charge in [0, 0.05) is 31.5 Å². The summed E-state index contributed by atoms with van der Waals surface area (Å²) in [6.07, 6.45) is 3.62. The summed E-state index contributed by atoms with van der Waals surface area (Å²) in [4.78, 5) is 28.2. The number of hydrogen-bond donors (Lipinski definition) is 1. The van der Waals surface area contributed by atoms with Crippen LogP contribution >= 0.6 is 24.8 Å². The van der Waals surface area contributed by atoms with Crippen molar-refractivity contribution in [2.45, 2.75) is 46.2 Å². The number of nitrogens with zero attached hydrogens (tertiary/aromatic N) is 4. The molecule has 1 fully saturated rings. The molecule has 0 unspecified atom stereocenters. The second-order valence-electron chi connectivity index (χ2n) is 8.74. The molecule has 1 saturated heterocycles. The third-order valence-corrected chi connectivity index (χ3v) is 6.17. The van der Waals surface area contributed by atoms with Gasteiger partial charge in [-0.25, -0.2) is 4.68 Å². The number of carbonyl (C=O) groups is 1. The Morgan fingerprint density at radius 2 is 1.82 bits per heavy atom. The highest BCUT2D eigenvalue weighted by atomic mass is 35.5. The number of benzene rings is 1. The first-order valence-corrected chi connectivity index (χ1v) is 11.2. The molecule has 0 saturated carbocycles. The van der Waals surface area contributed by atoms with E-state index in [0.717, 1.165) is 48.6 Å². The molecule has 0 spiro atoms. The molecule has 2 aromatic heterocycles. The lowest BCUT2D eigenvalue weighted by molar-refractivity contribution is 0.0781. The Bertz CT molecular complexity index is 1200. The minimum atomic E-state index is -0.243. The van der Waals surface area contributed by atoms with E-state index >= 15 is 0 Å². The number of carbonyl (C=O) groups excluding carboxylic acids is 1. The Kier molecular flexibility index (Phi) is 9.50. The maximum atomic E-state index is 13.3. The first kappa shape index (κ1) is 27.6. The van der Waals surface area contributed by atoms with Crippen molar-refractivity contribution in [3.63, 3.8) is 0 Å². The van der Waals surface area contributed by atoms with Crippen LogP contribution in [0, 0.1) is 20.8 Å². The summed E-state index contributed by atoms with van der Waals surface area (Å²) in [5.41, 5.74) is 4.75. The van der Waals surface area contributed by atoms with E-state index in [1.165, 1.54) is 0 Å². The number of nitrogens with one attached hydrogen (secondary N) is 1. The minimum absolute atomic E-state index is 0. The molecule has 3 aromatic rings. The molecule has 184 valence electrons. The molecule has 0 radical (unpaired) electrons. The lowest BCUT2D eigenvalue weighted by Gasteiger charge is -2.26. The Hall–Kier alpha value is -2.61. The maximum absolute atomic E-state index is 13.3. The van der Waals surface area contributed by atoms with Gasteiger partial charge in [-0.15, -0.1) is 24.8 Å². The molecule has 1 aliphatic heterocycles. The summed E-state index contributed by atoms with van der Waals surface area (Å²) in [6.45, 7) is 8.01. The number of aromatic nitrogens is 3. The van der Waals surface area contributed by atoms with Crippen molar-refractivity contribution in [3.8, 4) is 5.69 Å². The number of amides is 1. The summed E-state index contributed by atoms with van der Waals surface area (Å²) in [6, 6.07) is 12.1. The topological polar surface area (TPSA) is 72.2 Å². The summed E-state index contributed by atoms with van der Waals surface area (Å²) < 4.78 is 3.65. The summed E-state index contributed by atoms with van der Waals surface area (Å²) >= 11 is 0. The zero-order valence-corrected chi connectivity index (χ0v) is 21.7. The van der Waals surface area contributed by atoms with Gasteiger partial charge in [-0.05, 0) is 82.1 Å². The molecular weight excluding hydrogens is 473 g/mol. The van der Waals surface area contributed by atoms with Gasteiger partial charge in [0.15, 0.2) is 0 Å². The van der Waals surface area contributed by atoms with Crippen molar-refractivity contribution < 1.29 is 4.79 Å². The molecule has 9 heteroatoms. The van der Waals surface area contributed by atoms with Gasteiger partial charge in [-0.1, -0.05) is 12.1 Å². The highest BCUT2D eigenvalue weighted by Crippen LogP contribution is 2.19. The minimum Gasteiger partial charge on any atom is -0.337 e. The predicted molar refractivity (Wildman–Crippen MR) is 140 cm³/mol. The number of aryl methyl sites for hydroxylation is 3. The second-order valence-corrected chi connectivity index (χ2v) is 8.74. The van der Waals surface area contributed by atoms with Crippen LogP contribution in [0.5, 0.6) is 0 Å². The van der Waals surface area contributed by atoms with Crippen LogP contribution < -0.4 is 10.9 Å². The van der Waals surface area contributed by atoms with E-state index in [9.17, 15) is 9.59 Å². The van der Waals surface area contributed by atoms with Crippen LogP contribution in [0.1, 0.15) is 51.8 Å². The largest absolute Gasteiger partial charge is 0.337 e. The maximum Gasteiger partial charge on any atom is 0.263 e. The van der Waals surface area contributed by atoms with Crippen LogP contribution in [0.4, 0.5) is 0 Å². The molecule has 4 rings (SSSR count). The Morgan fingerprint density at radius 3 is 2.47 bits per heavy atom. The van der Waals surface area contributed by atoms with E-state index in [-0.39, 0.29) is 47.9 Å². The predicted octanol–water partition coefficient (Wildman–Crippen LogP) is 4.00. The number of pyridine rings is 1. The molecular formula is C25H33Cl2N5O2. The smallest absolute Gasteiger partial charge is 0.263 e. The Labute approximate surface area is 213 Å². The monoisotopic (exact) mass is 505 g/mol. The van der Waals surface area contributed by atoms with E-state index in [1.54, 1.807) is 16.5 Å². The zero-order valence-electron chi connectivity index (χ0n) is 20.1. The first-order valence-electron chi connectivity index (χ1n) is 11.2. The molecule has 7 nitrogen and oxygen atoms in total. The Morgan fingerprint density at radius 1 is 1.12 bits per heavy atom. The van der Waals surface area contributed by atoms with Crippen molar-refractivity contribution in [1.29, 1.82) is 0 Å². The average Bonchev–Trinajstić information content (AvgIpc) is 3.12. The van der Waals surface area contributed by atoms with Gasteiger partial charge in [0.25, 0.3) is 11.5 Å². The van der Waals surface area contributed by atoms with Gasteiger partial charge in [0.2, 0.25) is 0 Å². The standard InChI is InChI=1S/C25H31N5O2.2ClH/c1-17-10-13-29(21-8-11-26-12-9-21)25(32)23(17)24(31)28(4)16-20-6-5-7-22(15-20)30-19(3)14-18(2)27-30;;/h5-7,10,13-15,21,26H,8-9,11-12,16H2,1-4H3;2*1H. The highest BCUT2D eigenvalue weighted by Gasteiger charge is 2.23. The lowest BCUT2D eigenvalue weighted by atomic mass is 10.0. The number of piperidine rings is 1. The third kappa shape index (κ3) is 5.71. The molecule has 34 heavy (non-hydrogen) atoms. The fourth-order valence-corrected chi connectivity index (χ4v) is 4.49. The summed E-state index contributed by atoms with van der Waals surface area (Å²) in [5.74, 6) is -0.243. The molecule has 3 heterocycles. The van der Waals surface area contributed by atoms with Gasteiger partial charge in [0.1, 0.15) is 5.56 Å². The van der Waals surface area contributed by atoms with Crippen LogP contribution in [0.25, 0.3) is 5.69 Å². The molecule has 1 aliphatic rings. The zero-order chi connectivity index (χ0) is 22.8. The van der Waals surface area contributed by atoms with E-state index in [2.05, 4.69) is 10.4 Å². The molecule has 1 N–H and O–H groups in total. The van der Waals surface area contributed by atoms with Gasteiger partial charge in [-0.3, -0.25) is 9.59 Å². The van der Waals surface area contributed by atoms with E-state index in [4.69, 9.17) is 0 Å². The summed E-state index contributed by atoms with van der Waals surface area (Å²) in [5, 5.41) is 7.87. The SMILES string of the molecule is Cc1cc(C)n(-c2cccc(CN(C)C(=O)c3c(C)ccn(C4CCNCC4)c3=O)c2)n1.Cl.Cl. The molecule has 0 aliphatic carbocycles. The Balaban J connectivity index is 0.00000204. The van der Waals surface area contributed by atoms with Crippen LogP contribution in [0.15, 0.2) is 47.4 Å². The number of halogens is 2. The number of rotatable bonds is 5. The van der Waals surface area contributed by atoms with Gasteiger partial charge in [-0.2, -0.15) is 5.10 Å². The van der Waals surface area contributed by atoms with E-state index < -0.39 is 0 Å². The normalized spacial score (nSPS) is 13.6. The average molecular weight is 506 g/mol.